The molecular weight excluding hydrogens is 217 g/mol. The van der Waals surface area contributed by atoms with E-state index in [0.29, 0.717) is 0 Å². The molecule has 5 heteroatoms. The van der Waals surface area contributed by atoms with E-state index >= 15 is 0 Å². The van der Waals surface area contributed by atoms with Crippen molar-refractivity contribution in [2.24, 2.45) is 5.73 Å². The lowest BCUT2D eigenvalue weighted by Crippen LogP contribution is -2.20. The van der Waals surface area contributed by atoms with Crippen molar-refractivity contribution in [3.63, 3.8) is 0 Å². The predicted molar refractivity (Wildman–Crippen MR) is 55.6 cm³/mol. The van der Waals surface area contributed by atoms with Gasteiger partial charge in [-0.3, -0.25) is 0 Å². The number of nitrogens with one attached hydrogen (secondary N) is 1. The summed E-state index contributed by atoms with van der Waals surface area (Å²) < 4.78 is 38.5. The molecule has 2 unspecified atom stereocenters. The van der Waals surface area contributed by atoms with Crippen molar-refractivity contribution < 1.29 is 13.2 Å². The van der Waals surface area contributed by atoms with E-state index in [0.717, 1.165) is 31.4 Å². The molecule has 0 radical (unpaired) electrons. The number of anilines is 1. The van der Waals surface area contributed by atoms with E-state index in [9.17, 15) is 13.2 Å². The molecule has 1 fully saturated rings. The van der Waals surface area contributed by atoms with Gasteiger partial charge in [-0.25, -0.2) is 13.2 Å². The van der Waals surface area contributed by atoms with Crippen LogP contribution in [0.25, 0.3) is 0 Å². The van der Waals surface area contributed by atoms with Crippen molar-refractivity contribution in [1.82, 2.24) is 0 Å². The molecule has 3 N–H and O–H groups in total. The third kappa shape index (κ3) is 2.29. The second-order valence-electron chi connectivity index (χ2n) is 4.17. The Labute approximate surface area is 91.6 Å². The SMILES string of the molecule is NC1CCC(Nc2cc(F)c(F)c(F)c2)C1. The maximum atomic E-state index is 12.9. The molecule has 1 aromatic carbocycles. The van der Waals surface area contributed by atoms with Crippen LogP contribution in [0.3, 0.4) is 0 Å². The zero-order valence-corrected chi connectivity index (χ0v) is 8.64. The van der Waals surface area contributed by atoms with Gasteiger partial charge in [-0.05, 0) is 19.3 Å². The van der Waals surface area contributed by atoms with Gasteiger partial charge in [0.15, 0.2) is 17.5 Å². The minimum Gasteiger partial charge on any atom is -0.382 e. The summed E-state index contributed by atoms with van der Waals surface area (Å²) in [6.45, 7) is 0. The van der Waals surface area contributed by atoms with Gasteiger partial charge in [0.25, 0.3) is 0 Å². The number of nitrogens with two attached hydrogens (primary N) is 1. The van der Waals surface area contributed by atoms with Gasteiger partial charge in [0.1, 0.15) is 0 Å². The highest BCUT2D eigenvalue weighted by molar-refractivity contribution is 5.45. The van der Waals surface area contributed by atoms with E-state index in [1.165, 1.54) is 0 Å². The van der Waals surface area contributed by atoms with Crippen molar-refractivity contribution in [3.8, 4) is 0 Å². The first-order chi connectivity index (χ1) is 7.56. The second kappa shape index (κ2) is 4.33. The van der Waals surface area contributed by atoms with Crippen molar-refractivity contribution in [2.75, 3.05) is 5.32 Å². The molecule has 1 saturated carbocycles. The Hall–Kier alpha value is -1.23. The second-order valence-corrected chi connectivity index (χ2v) is 4.17. The summed E-state index contributed by atoms with van der Waals surface area (Å²) in [5.41, 5.74) is 5.97. The number of benzene rings is 1. The molecule has 0 spiro atoms. The molecular formula is C11H13F3N2. The molecule has 0 aromatic heterocycles. The number of hydrogen-bond acceptors (Lipinski definition) is 2. The van der Waals surface area contributed by atoms with Gasteiger partial charge in [-0.1, -0.05) is 0 Å². The van der Waals surface area contributed by atoms with E-state index in [-0.39, 0.29) is 17.8 Å². The fourth-order valence-corrected chi connectivity index (χ4v) is 2.02. The highest BCUT2D eigenvalue weighted by atomic mass is 19.2. The van der Waals surface area contributed by atoms with Crippen molar-refractivity contribution in [1.29, 1.82) is 0 Å². The number of hydrogen-bond donors (Lipinski definition) is 2. The average Bonchev–Trinajstić information content (AvgIpc) is 2.60. The molecule has 0 heterocycles. The first-order valence-electron chi connectivity index (χ1n) is 5.23. The molecule has 16 heavy (non-hydrogen) atoms. The van der Waals surface area contributed by atoms with E-state index in [4.69, 9.17) is 5.73 Å². The summed E-state index contributed by atoms with van der Waals surface area (Å²) in [6.07, 6.45) is 2.52. The van der Waals surface area contributed by atoms with Gasteiger partial charge < -0.3 is 11.1 Å². The Balaban J connectivity index is 2.10. The lowest BCUT2D eigenvalue weighted by Gasteiger charge is -2.14. The fourth-order valence-electron chi connectivity index (χ4n) is 2.02. The Morgan fingerprint density at radius 2 is 1.75 bits per heavy atom. The summed E-state index contributed by atoms with van der Waals surface area (Å²) in [7, 11) is 0. The Bertz CT molecular complexity index is 372. The fraction of sp³-hybridized carbons (Fsp3) is 0.455. The molecule has 88 valence electrons. The third-order valence-electron chi connectivity index (χ3n) is 2.83. The normalized spacial score (nSPS) is 24.8. The van der Waals surface area contributed by atoms with Gasteiger partial charge >= 0.3 is 0 Å². The monoisotopic (exact) mass is 230 g/mol. The molecule has 2 nitrogen and oxygen atoms in total. The van der Waals surface area contributed by atoms with Crippen LogP contribution < -0.4 is 11.1 Å². The van der Waals surface area contributed by atoms with Gasteiger partial charge in [0.2, 0.25) is 0 Å². The summed E-state index contributed by atoms with van der Waals surface area (Å²) >= 11 is 0. The molecule has 1 aliphatic carbocycles. The zero-order valence-electron chi connectivity index (χ0n) is 8.64. The van der Waals surface area contributed by atoms with Gasteiger partial charge in [-0.15, -0.1) is 0 Å². The predicted octanol–water partition coefficient (Wildman–Crippen LogP) is 2.40. The third-order valence-corrected chi connectivity index (χ3v) is 2.83. The quantitative estimate of drug-likeness (QED) is 0.765. The summed E-state index contributed by atoms with van der Waals surface area (Å²) in [5.74, 6) is -3.79. The number of halogens is 3. The van der Waals surface area contributed by atoms with E-state index in [1.807, 2.05) is 0 Å². The molecule has 0 amide bonds. The lowest BCUT2D eigenvalue weighted by atomic mass is 10.2. The van der Waals surface area contributed by atoms with E-state index in [1.54, 1.807) is 0 Å². The highest BCUT2D eigenvalue weighted by Gasteiger charge is 2.22. The summed E-state index contributed by atoms with van der Waals surface area (Å²) in [6, 6.07) is 2.16. The first-order valence-corrected chi connectivity index (χ1v) is 5.23. The maximum absolute atomic E-state index is 12.9. The lowest BCUT2D eigenvalue weighted by molar-refractivity contribution is 0.447. The van der Waals surface area contributed by atoms with Crippen LogP contribution >= 0.6 is 0 Å². The smallest absolute Gasteiger partial charge is 0.194 e. The number of rotatable bonds is 2. The van der Waals surface area contributed by atoms with Crippen molar-refractivity contribution in [2.45, 2.75) is 31.3 Å². The van der Waals surface area contributed by atoms with Gasteiger partial charge in [-0.2, -0.15) is 0 Å². The van der Waals surface area contributed by atoms with E-state index in [2.05, 4.69) is 5.32 Å². The molecule has 1 aromatic rings. The molecule has 2 atom stereocenters. The molecule has 2 rings (SSSR count). The molecule has 0 saturated heterocycles. The highest BCUT2D eigenvalue weighted by Crippen LogP contribution is 2.23. The molecule has 0 aliphatic heterocycles. The van der Waals surface area contributed by atoms with Crippen LogP contribution in [0, 0.1) is 17.5 Å². The van der Waals surface area contributed by atoms with Gasteiger partial charge in [0.05, 0.1) is 0 Å². The zero-order chi connectivity index (χ0) is 11.7. The standard InChI is InChI=1S/C11H13F3N2/c12-9-4-8(5-10(13)11(9)14)16-7-2-1-6(15)3-7/h4-7,16H,1-3,15H2. The molecule has 1 aliphatic rings. The Kier molecular flexibility index (Phi) is 3.05. The van der Waals surface area contributed by atoms with Crippen LogP contribution in [0.5, 0.6) is 0 Å². The maximum Gasteiger partial charge on any atom is 0.194 e. The Morgan fingerprint density at radius 1 is 1.12 bits per heavy atom. The summed E-state index contributed by atoms with van der Waals surface area (Å²) in [5, 5.41) is 2.95. The average molecular weight is 230 g/mol. The van der Waals surface area contributed by atoms with Crippen LogP contribution in [0.4, 0.5) is 18.9 Å². The largest absolute Gasteiger partial charge is 0.382 e. The molecule has 0 bridgehead atoms. The minimum atomic E-state index is -1.44. The van der Waals surface area contributed by atoms with Crippen LogP contribution in [-0.2, 0) is 0 Å². The Morgan fingerprint density at radius 3 is 2.25 bits per heavy atom. The van der Waals surface area contributed by atoms with Crippen LogP contribution in [0.15, 0.2) is 12.1 Å². The first kappa shape index (κ1) is 11.3. The minimum absolute atomic E-state index is 0.110. The van der Waals surface area contributed by atoms with E-state index < -0.39 is 17.5 Å². The van der Waals surface area contributed by atoms with Crippen LogP contribution in [-0.4, -0.2) is 12.1 Å². The van der Waals surface area contributed by atoms with Crippen LogP contribution in [0.2, 0.25) is 0 Å². The summed E-state index contributed by atoms with van der Waals surface area (Å²) in [4.78, 5) is 0. The van der Waals surface area contributed by atoms with Gasteiger partial charge in [0, 0.05) is 29.9 Å². The van der Waals surface area contributed by atoms with Crippen LogP contribution in [0.1, 0.15) is 19.3 Å². The van der Waals surface area contributed by atoms with Crippen molar-refractivity contribution >= 4 is 5.69 Å². The van der Waals surface area contributed by atoms with Crippen molar-refractivity contribution in [3.05, 3.63) is 29.6 Å². The topological polar surface area (TPSA) is 38.0 Å².